The number of aromatic carboxylic acids is 1. The van der Waals surface area contributed by atoms with Gasteiger partial charge in [0.25, 0.3) is 5.56 Å². The Morgan fingerprint density at radius 2 is 2.10 bits per heavy atom. The van der Waals surface area contributed by atoms with E-state index in [-0.39, 0.29) is 18.1 Å². The van der Waals surface area contributed by atoms with Gasteiger partial charge in [0.2, 0.25) is 0 Å². The normalized spacial score (nSPS) is 10.6. The third kappa shape index (κ3) is 3.68. The average Bonchev–Trinajstić information content (AvgIpc) is 2.44. The van der Waals surface area contributed by atoms with Gasteiger partial charge in [0, 0.05) is 6.07 Å². The van der Waals surface area contributed by atoms with Gasteiger partial charge in [0.1, 0.15) is 18.2 Å². The molecule has 6 nitrogen and oxygen atoms in total. The summed E-state index contributed by atoms with van der Waals surface area (Å²) in [6.07, 6.45) is 0. The minimum atomic E-state index is -1.25. The highest BCUT2D eigenvalue weighted by atomic mass is 16.5. The summed E-state index contributed by atoms with van der Waals surface area (Å²) in [4.78, 5) is 28.6. The van der Waals surface area contributed by atoms with Crippen molar-refractivity contribution >= 4 is 5.97 Å². The summed E-state index contributed by atoms with van der Waals surface area (Å²) in [5, 5.41) is 8.88. The summed E-state index contributed by atoms with van der Waals surface area (Å²) >= 11 is 0. The van der Waals surface area contributed by atoms with Crippen molar-refractivity contribution in [2.24, 2.45) is 0 Å². The molecule has 0 fully saturated rings. The number of rotatable bonds is 5. The number of benzene rings is 1. The zero-order valence-corrected chi connectivity index (χ0v) is 11.8. The zero-order valence-electron chi connectivity index (χ0n) is 11.8. The topological polar surface area (TPSA) is 92.3 Å². The van der Waals surface area contributed by atoms with Crippen LogP contribution in [0.5, 0.6) is 5.75 Å². The van der Waals surface area contributed by atoms with Gasteiger partial charge in [0.05, 0.1) is 0 Å². The molecule has 0 unspecified atom stereocenters. The van der Waals surface area contributed by atoms with Crippen LogP contribution in [0.2, 0.25) is 0 Å². The molecule has 110 valence electrons. The smallest absolute Gasteiger partial charge is 0.354 e. The van der Waals surface area contributed by atoms with E-state index in [0.29, 0.717) is 11.7 Å². The lowest BCUT2D eigenvalue weighted by Gasteiger charge is -2.13. The monoisotopic (exact) mass is 288 g/mol. The summed E-state index contributed by atoms with van der Waals surface area (Å²) in [5.74, 6) is -0.0853. The van der Waals surface area contributed by atoms with Crippen molar-refractivity contribution in [1.82, 2.24) is 9.97 Å². The second kappa shape index (κ2) is 6.21. The molecule has 1 aromatic heterocycles. The van der Waals surface area contributed by atoms with Gasteiger partial charge in [-0.05, 0) is 17.5 Å². The van der Waals surface area contributed by atoms with Crippen molar-refractivity contribution < 1.29 is 14.6 Å². The molecule has 1 aromatic carbocycles. The minimum Gasteiger partial charge on any atom is -0.485 e. The zero-order chi connectivity index (χ0) is 15.4. The van der Waals surface area contributed by atoms with Crippen molar-refractivity contribution in [3.05, 3.63) is 57.8 Å². The molecule has 0 aliphatic rings. The number of carboxylic acids is 1. The lowest BCUT2D eigenvalue weighted by Crippen LogP contribution is -2.17. The van der Waals surface area contributed by atoms with Gasteiger partial charge in [-0.2, -0.15) is 0 Å². The van der Waals surface area contributed by atoms with Gasteiger partial charge in [0.15, 0.2) is 5.69 Å². The van der Waals surface area contributed by atoms with Crippen LogP contribution in [0.4, 0.5) is 0 Å². The van der Waals surface area contributed by atoms with E-state index in [1.165, 1.54) is 0 Å². The molecule has 0 amide bonds. The number of aromatic nitrogens is 2. The fraction of sp³-hybridized carbons (Fsp3) is 0.267. The van der Waals surface area contributed by atoms with Crippen LogP contribution in [0.3, 0.4) is 0 Å². The summed E-state index contributed by atoms with van der Waals surface area (Å²) in [6, 6.07) is 8.50. The summed E-state index contributed by atoms with van der Waals surface area (Å²) in [5.41, 5.74) is 0.224. The Bertz CT molecular complexity index is 707. The molecule has 0 atom stereocenters. The first kappa shape index (κ1) is 14.8. The number of H-pyrrole nitrogens is 1. The maximum atomic E-state index is 11.4. The van der Waals surface area contributed by atoms with Crippen LogP contribution in [0, 0.1) is 0 Å². The average molecular weight is 288 g/mol. The van der Waals surface area contributed by atoms with E-state index in [9.17, 15) is 9.59 Å². The fourth-order valence-corrected chi connectivity index (χ4v) is 1.92. The number of hydrogen-bond acceptors (Lipinski definition) is 4. The minimum absolute atomic E-state index is 0.0000926. The molecule has 2 rings (SSSR count). The van der Waals surface area contributed by atoms with Crippen molar-refractivity contribution in [1.29, 1.82) is 0 Å². The molecule has 0 spiro atoms. The van der Waals surface area contributed by atoms with E-state index in [0.717, 1.165) is 11.6 Å². The second-order valence-electron chi connectivity index (χ2n) is 4.86. The second-order valence-corrected chi connectivity index (χ2v) is 4.86. The van der Waals surface area contributed by atoms with Crippen molar-refractivity contribution in [3.8, 4) is 5.75 Å². The number of hydrogen-bond donors (Lipinski definition) is 2. The van der Waals surface area contributed by atoms with Crippen LogP contribution < -0.4 is 10.3 Å². The third-order valence-electron chi connectivity index (χ3n) is 2.92. The first-order valence-corrected chi connectivity index (χ1v) is 6.52. The van der Waals surface area contributed by atoms with E-state index in [2.05, 4.69) is 9.97 Å². The van der Waals surface area contributed by atoms with Gasteiger partial charge >= 0.3 is 5.97 Å². The predicted octanol–water partition coefficient (Wildman–Crippen LogP) is 2.17. The Labute approximate surface area is 121 Å². The van der Waals surface area contributed by atoms with E-state index in [1.54, 1.807) is 0 Å². The standard InChI is InChI=1S/C15H16N2O4/c1-9(2)10-5-3-4-6-12(10)21-8-13-16-11(15(19)20)7-14(18)17-13/h3-7,9H,8H2,1-2H3,(H,19,20)(H,16,17,18). The molecule has 6 heteroatoms. The van der Waals surface area contributed by atoms with Gasteiger partial charge in [-0.3, -0.25) is 4.79 Å². The summed E-state index contributed by atoms with van der Waals surface area (Å²) < 4.78 is 5.65. The Morgan fingerprint density at radius 1 is 1.38 bits per heavy atom. The molecular weight excluding hydrogens is 272 g/mol. The fourth-order valence-electron chi connectivity index (χ4n) is 1.92. The maximum absolute atomic E-state index is 11.4. The summed E-state index contributed by atoms with van der Waals surface area (Å²) in [7, 11) is 0. The molecule has 0 bridgehead atoms. The molecule has 2 aromatic rings. The Kier molecular flexibility index (Phi) is 4.37. The molecule has 1 heterocycles. The van der Waals surface area contributed by atoms with E-state index in [4.69, 9.17) is 9.84 Å². The molecule has 2 N–H and O–H groups in total. The van der Waals surface area contributed by atoms with E-state index in [1.807, 2.05) is 38.1 Å². The number of ether oxygens (including phenoxy) is 1. The van der Waals surface area contributed by atoms with Crippen molar-refractivity contribution in [2.45, 2.75) is 26.4 Å². The quantitative estimate of drug-likeness (QED) is 0.879. The van der Waals surface area contributed by atoms with Crippen LogP contribution in [0.1, 0.15) is 41.6 Å². The highest BCUT2D eigenvalue weighted by Gasteiger charge is 2.10. The van der Waals surface area contributed by atoms with Crippen LogP contribution in [0.15, 0.2) is 35.1 Å². The lowest BCUT2D eigenvalue weighted by atomic mass is 10.0. The first-order chi connectivity index (χ1) is 9.97. The lowest BCUT2D eigenvalue weighted by molar-refractivity contribution is 0.0689. The molecule has 0 saturated carbocycles. The van der Waals surface area contributed by atoms with Crippen LogP contribution in [-0.4, -0.2) is 21.0 Å². The summed E-state index contributed by atoms with van der Waals surface area (Å²) in [6.45, 7) is 4.10. The Morgan fingerprint density at radius 3 is 2.76 bits per heavy atom. The van der Waals surface area contributed by atoms with Crippen LogP contribution >= 0.6 is 0 Å². The van der Waals surface area contributed by atoms with Gasteiger partial charge in [-0.25, -0.2) is 9.78 Å². The van der Waals surface area contributed by atoms with Crippen LogP contribution in [0.25, 0.3) is 0 Å². The van der Waals surface area contributed by atoms with Gasteiger partial charge in [-0.1, -0.05) is 32.0 Å². The van der Waals surface area contributed by atoms with Crippen LogP contribution in [-0.2, 0) is 6.61 Å². The first-order valence-electron chi connectivity index (χ1n) is 6.52. The van der Waals surface area contributed by atoms with Crippen molar-refractivity contribution in [3.63, 3.8) is 0 Å². The predicted molar refractivity (Wildman–Crippen MR) is 76.7 cm³/mol. The van der Waals surface area contributed by atoms with Gasteiger partial charge in [-0.15, -0.1) is 0 Å². The number of aromatic amines is 1. The molecular formula is C15H16N2O4. The maximum Gasteiger partial charge on any atom is 0.354 e. The number of carboxylic acid groups (broad SMARTS) is 1. The Balaban J connectivity index is 2.21. The number of nitrogens with zero attached hydrogens (tertiary/aromatic N) is 1. The highest BCUT2D eigenvalue weighted by Crippen LogP contribution is 2.26. The third-order valence-corrected chi connectivity index (χ3v) is 2.92. The number of carbonyl (C=O) groups is 1. The molecule has 0 aliphatic heterocycles. The Hall–Kier alpha value is -2.63. The molecule has 0 saturated heterocycles. The van der Waals surface area contributed by atoms with E-state index < -0.39 is 11.5 Å². The number of para-hydroxylation sites is 1. The molecule has 21 heavy (non-hydrogen) atoms. The van der Waals surface area contributed by atoms with Crippen molar-refractivity contribution in [2.75, 3.05) is 0 Å². The highest BCUT2D eigenvalue weighted by molar-refractivity contribution is 5.85. The SMILES string of the molecule is CC(C)c1ccccc1OCc1nc(C(=O)O)cc(=O)[nH]1. The largest absolute Gasteiger partial charge is 0.485 e. The molecule has 0 radical (unpaired) electrons. The van der Waals surface area contributed by atoms with E-state index >= 15 is 0 Å². The molecule has 0 aliphatic carbocycles. The van der Waals surface area contributed by atoms with Gasteiger partial charge < -0.3 is 14.8 Å². The number of nitrogens with one attached hydrogen (secondary N) is 1.